The van der Waals surface area contributed by atoms with Gasteiger partial charge in [-0.05, 0) is 30.0 Å². The normalized spacial score (nSPS) is 23.0. The monoisotopic (exact) mass is 478 g/mol. The van der Waals surface area contributed by atoms with Crippen molar-refractivity contribution in [1.29, 1.82) is 0 Å². The highest BCUT2D eigenvalue weighted by atomic mass is 19.1. The van der Waals surface area contributed by atoms with Gasteiger partial charge < -0.3 is 19.6 Å². The summed E-state index contributed by atoms with van der Waals surface area (Å²) in [5.74, 6) is -2.42. The minimum absolute atomic E-state index is 0.0174. The first-order valence-electron chi connectivity index (χ1n) is 11.2. The summed E-state index contributed by atoms with van der Waals surface area (Å²) in [6, 6.07) is 3.45. The molecular formula is C23H31FN4O6. The smallest absolute Gasteiger partial charge is 0.407 e. The molecule has 2 aliphatic rings. The Bertz CT molecular complexity index is 979. The molecule has 1 aromatic carbocycles. The van der Waals surface area contributed by atoms with Gasteiger partial charge in [0.2, 0.25) is 5.91 Å². The molecule has 2 saturated heterocycles. The molecule has 0 bridgehead atoms. The van der Waals surface area contributed by atoms with Crippen molar-refractivity contribution in [3.63, 3.8) is 0 Å². The van der Waals surface area contributed by atoms with Crippen molar-refractivity contribution in [2.75, 3.05) is 19.6 Å². The van der Waals surface area contributed by atoms with Crippen LogP contribution in [0.4, 0.5) is 9.18 Å². The van der Waals surface area contributed by atoms with Gasteiger partial charge in [0.1, 0.15) is 0 Å². The van der Waals surface area contributed by atoms with E-state index in [1.165, 1.54) is 24.0 Å². The van der Waals surface area contributed by atoms with Crippen LogP contribution in [0, 0.1) is 17.2 Å². The first-order chi connectivity index (χ1) is 15.9. The summed E-state index contributed by atoms with van der Waals surface area (Å²) < 4.78 is 20.3. The Hall–Kier alpha value is -3.37. The van der Waals surface area contributed by atoms with Crippen molar-refractivity contribution in [3.8, 4) is 5.75 Å². The van der Waals surface area contributed by atoms with E-state index < -0.39 is 29.8 Å². The molecular weight excluding hydrogens is 447 g/mol. The molecule has 3 N–H and O–H groups in total. The lowest BCUT2D eigenvalue weighted by molar-refractivity contribution is -0.138. The average molecular weight is 479 g/mol. The molecule has 2 aliphatic heterocycles. The third-order valence-corrected chi connectivity index (χ3v) is 6.37. The van der Waals surface area contributed by atoms with E-state index in [4.69, 9.17) is 4.74 Å². The van der Waals surface area contributed by atoms with Crippen LogP contribution in [0.1, 0.15) is 50.9 Å². The van der Waals surface area contributed by atoms with E-state index in [0.29, 0.717) is 32.5 Å². The maximum atomic E-state index is 14.6. The van der Waals surface area contributed by atoms with Crippen molar-refractivity contribution in [1.82, 2.24) is 20.7 Å². The zero-order valence-electron chi connectivity index (χ0n) is 19.8. The lowest BCUT2D eigenvalue weighted by atomic mass is 9.73. The number of hydrogen-bond acceptors (Lipinski definition) is 5. The quantitative estimate of drug-likeness (QED) is 0.568. The predicted molar refractivity (Wildman–Crippen MR) is 119 cm³/mol. The zero-order valence-corrected chi connectivity index (χ0v) is 19.8. The number of hydrogen-bond donors (Lipinski definition) is 3. The minimum atomic E-state index is -0.966. The molecule has 0 aliphatic carbocycles. The van der Waals surface area contributed by atoms with Crippen molar-refractivity contribution in [2.45, 2.75) is 52.7 Å². The Labute approximate surface area is 197 Å². The van der Waals surface area contributed by atoms with E-state index in [0.717, 1.165) is 6.07 Å². The van der Waals surface area contributed by atoms with E-state index in [9.17, 15) is 28.7 Å². The van der Waals surface area contributed by atoms with Crippen molar-refractivity contribution >= 4 is 23.8 Å². The zero-order chi connectivity index (χ0) is 25.2. The second kappa shape index (κ2) is 9.86. The highest BCUT2D eigenvalue weighted by Crippen LogP contribution is 2.38. The molecule has 0 radical (unpaired) electrons. The third-order valence-electron chi connectivity index (χ3n) is 6.37. The van der Waals surface area contributed by atoms with Crippen molar-refractivity contribution in [3.05, 3.63) is 29.6 Å². The number of amides is 4. The van der Waals surface area contributed by atoms with E-state index >= 15 is 0 Å². The molecule has 3 rings (SSSR count). The van der Waals surface area contributed by atoms with E-state index in [1.807, 2.05) is 20.8 Å². The minimum Gasteiger partial charge on any atom is -0.477 e. The molecule has 4 amide bonds. The first kappa shape index (κ1) is 25.3. The molecule has 3 unspecified atom stereocenters. The molecule has 11 heteroatoms. The summed E-state index contributed by atoms with van der Waals surface area (Å²) in [5, 5.41) is 9.41. The second-order valence-electron chi connectivity index (χ2n) is 9.76. The number of carbonyl (C=O) groups is 4. The third kappa shape index (κ3) is 5.57. The number of likely N-dealkylation sites (tertiary alicyclic amines) is 2. The molecule has 10 nitrogen and oxygen atoms in total. The van der Waals surface area contributed by atoms with E-state index in [-0.39, 0.29) is 34.6 Å². The number of piperidine rings is 1. The number of carbonyl (C=O) groups excluding carboxylic acids is 3. The van der Waals surface area contributed by atoms with Gasteiger partial charge >= 0.3 is 6.09 Å². The van der Waals surface area contributed by atoms with Crippen LogP contribution in [0.25, 0.3) is 0 Å². The number of benzene rings is 1. The summed E-state index contributed by atoms with van der Waals surface area (Å²) in [6.45, 7) is 8.44. The van der Waals surface area contributed by atoms with Gasteiger partial charge in [-0.25, -0.2) is 9.18 Å². The fourth-order valence-corrected chi connectivity index (χ4v) is 4.56. The number of carboxylic acid groups (broad SMARTS) is 1. The molecule has 0 aromatic heterocycles. The fraction of sp³-hybridized carbons (Fsp3) is 0.565. The van der Waals surface area contributed by atoms with Gasteiger partial charge in [-0.15, -0.1) is 0 Å². The molecule has 2 fully saturated rings. The van der Waals surface area contributed by atoms with Crippen LogP contribution in [0.5, 0.6) is 5.75 Å². The van der Waals surface area contributed by atoms with Crippen LogP contribution in [-0.4, -0.2) is 70.5 Å². The van der Waals surface area contributed by atoms with Gasteiger partial charge in [-0.2, -0.15) is 0 Å². The van der Waals surface area contributed by atoms with Crippen LogP contribution in [-0.2, 0) is 9.59 Å². The summed E-state index contributed by atoms with van der Waals surface area (Å²) in [5.41, 5.74) is 4.03. The summed E-state index contributed by atoms with van der Waals surface area (Å²) in [4.78, 5) is 50.7. The Morgan fingerprint density at radius 3 is 2.44 bits per heavy atom. The number of nitrogens with zero attached hydrogens (tertiary/aromatic N) is 2. The molecule has 1 aromatic rings. The van der Waals surface area contributed by atoms with Crippen molar-refractivity contribution < 1.29 is 33.4 Å². The maximum absolute atomic E-state index is 14.6. The molecule has 34 heavy (non-hydrogen) atoms. The number of halogens is 1. The molecule has 186 valence electrons. The first-order valence-corrected chi connectivity index (χ1v) is 11.2. The number of ether oxygens (including phenoxy) is 1. The second-order valence-corrected chi connectivity index (χ2v) is 9.76. The molecule has 0 spiro atoms. The summed E-state index contributed by atoms with van der Waals surface area (Å²) in [7, 11) is 0. The lowest BCUT2D eigenvalue weighted by Crippen LogP contribution is -2.56. The maximum Gasteiger partial charge on any atom is 0.407 e. The Morgan fingerprint density at radius 1 is 1.15 bits per heavy atom. The van der Waals surface area contributed by atoms with Crippen LogP contribution >= 0.6 is 0 Å². The van der Waals surface area contributed by atoms with E-state index in [1.54, 1.807) is 4.90 Å². The van der Waals surface area contributed by atoms with Crippen LogP contribution in [0.3, 0.4) is 0 Å². The lowest BCUT2D eigenvalue weighted by Gasteiger charge is -2.47. The predicted octanol–water partition coefficient (Wildman–Crippen LogP) is 2.00. The van der Waals surface area contributed by atoms with Gasteiger partial charge in [0.15, 0.2) is 17.7 Å². The average Bonchev–Trinajstić information content (AvgIpc) is 3.12. The van der Waals surface area contributed by atoms with Crippen LogP contribution < -0.4 is 15.6 Å². The largest absolute Gasteiger partial charge is 0.477 e. The highest BCUT2D eigenvalue weighted by molar-refractivity contribution is 5.95. The summed E-state index contributed by atoms with van der Waals surface area (Å²) in [6.07, 6.45) is -0.934. The van der Waals surface area contributed by atoms with Crippen LogP contribution in [0.15, 0.2) is 18.2 Å². The van der Waals surface area contributed by atoms with Gasteiger partial charge in [0.25, 0.3) is 11.8 Å². The molecule has 3 atom stereocenters. The number of nitrogens with one attached hydrogen (secondary N) is 2. The molecule has 2 heterocycles. The number of hydrazine groups is 1. The Morgan fingerprint density at radius 2 is 1.85 bits per heavy atom. The summed E-state index contributed by atoms with van der Waals surface area (Å²) >= 11 is 0. The number of rotatable bonds is 4. The van der Waals surface area contributed by atoms with E-state index in [2.05, 4.69) is 10.9 Å². The topological polar surface area (TPSA) is 128 Å². The van der Waals surface area contributed by atoms with Gasteiger partial charge in [-0.1, -0.05) is 20.8 Å². The van der Waals surface area contributed by atoms with Gasteiger partial charge in [0.05, 0.1) is 0 Å². The fourth-order valence-electron chi connectivity index (χ4n) is 4.56. The standard InChI is InChI=1S/C23H31FN4O6/c1-13(29)25-26-20(30)14-5-6-18(16(24)11-14)34-19-8-10-28(21(19)31)17-7-9-27(22(32)33)12-15(17)23(2,3)4/h5-6,11,15,17,19H,7-10,12H2,1-4H3,(H,25,29)(H,26,30)(H,32,33). The Balaban J connectivity index is 1.69. The molecule has 0 saturated carbocycles. The van der Waals surface area contributed by atoms with Crippen LogP contribution in [0.2, 0.25) is 0 Å². The Kier molecular flexibility index (Phi) is 7.32. The van der Waals surface area contributed by atoms with Gasteiger partial charge in [-0.3, -0.25) is 25.2 Å². The van der Waals surface area contributed by atoms with Crippen molar-refractivity contribution in [2.24, 2.45) is 11.3 Å². The SMILES string of the molecule is CC(=O)NNC(=O)c1ccc(OC2CCN(C3CCN(C(=O)O)CC3C(C)(C)C)C2=O)c(F)c1. The van der Waals surface area contributed by atoms with Gasteiger partial charge in [0, 0.05) is 50.5 Å². The highest BCUT2D eigenvalue weighted by Gasteiger charge is 2.46.